The molecule has 0 saturated heterocycles. The Bertz CT molecular complexity index is 239. The average molecular weight is 136 g/mol. The first kappa shape index (κ1) is 7.06. The topological polar surface area (TPSA) is 17.8 Å². The maximum Gasteiger partial charge on any atom is 0.105 e. The molecule has 54 valence electrons. The van der Waals surface area contributed by atoms with Crippen LogP contribution < -0.4 is 0 Å². The van der Waals surface area contributed by atoms with E-state index in [1.54, 1.807) is 0 Å². The standard InChI is InChI=1S/C8H12N2/c1-6(2)8-5-10(4)7(3)9-8/h5H,1H2,2-4H3. The minimum Gasteiger partial charge on any atom is -0.338 e. The van der Waals surface area contributed by atoms with Crippen LogP contribution >= 0.6 is 0 Å². The zero-order chi connectivity index (χ0) is 7.72. The van der Waals surface area contributed by atoms with Gasteiger partial charge in [0.1, 0.15) is 5.82 Å². The maximum atomic E-state index is 4.27. The summed E-state index contributed by atoms with van der Waals surface area (Å²) in [6, 6.07) is 0. The number of aromatic nitrogens is 2. The van der Waals surface area contributed by atoms with Crippen LogP contribution in [0.1, 0.15) is 18.4 Å². The minimum absolute atomic E-state index is 0.986. The molecule has 0 bridgehead atoms. The molecule has 0 aliphatic carbocycles. The summed E-state index contributed by atoms with van der Waals surface area (Å²) in [6.07, 6.45) is 1.98. The lowest BCUT2D eigenvalue weighted by atomic mass is 10.3. The van der Waals surface area contributed by atoms with Gasteiger partial charge in [0.25, 0.3) is 0 Å². The zero-order valence-electron chi connectivity index (χ0n) is 6.68. The summed E-state index contributed by atoms with van der Waals surface area (Å²) >= 11 is 0. The summed E-state index contributed by atoms with van der Waals surface area (Å²) in [4.78, 5) is 4.27. The van der Waals surface area contributed by atoms with Crippen LogP contribution in [-0.2, 0) is 7.05 Å². The second-order valence-corrected chi connectivity index (χ2v) is 2.56. The zero-order valence-corrected chi connectivity index (χ0v) is 6.68. The van der Waals surface area contributed by atoms with Gasteiger partial charge >= 0.3 is 0 Å². The molecule has 0 atom stereocenters. The lowest BCUT2D eigenvalue weighted by molar-refractivity contribution is 0.858. The summed E-state index contributed by atoms with van der Waals surface area (Å²) in [5.41, 5.74) is 2.00. The van der Waals surface area contributed by atoms with Gasteiger partial charge in [0.05, 0.1) is 5.69 Å². The lowest BCUT2D eigenvalue weighted by Gasteiger charge is -1.87. The molecule has 10 heavy (non-hydrogen) atoms. The van der Waals surface area contributed by atoms with Gasteiger partial charge in [0.2, 0.25) is 0 Å². The van der Waals surface area contributed by atoms with Crippen molar-refractivity contribution >= 4 is 5.57 Å². The molecule has 1 aromatic heterocycles. The van der Waals surface area contributed by atoms with Crippen molar-refractivity contribution in [2.75, 3.05) is 0 Å². The third kappa shape index (κ3) is 1.10. The number of hydrogen-bond donors (Lipinski definition) is 0. The van der Waals surface area contributed by atoms with Crippen LogP contribution in [0.4, 0.5) is 0 Å². The number of allylic oxidation sites excluding steroid dienone is 1. The molecule has 0 spiro atoms. The van der Waals surface area contributed by atoms with Gasteiger partial charge in [-0.2, -0.15) is 0 Å². The molecular formula is C8H12N2. The molecule has 0 unspecified atom stereocenters. The Hall–Kier alpha value is -1.05. The van der Waals surface area contributed by atoms with Crippen molar-refractivity contribution in [3.8, 4) is 0 Å². The number of hydrogen-bond acceptors (Lipinski definition) is 1. The van der Waals surface area contributed by atoms with E-state index in [0.29, 0.717) is 0 Å². The highest BCUT2D eigenvalue weighted by Crippen LogP contribution is 2.08. The maximum absolute atomic E-state index is 4.27. The van der Waals surface area contributed by atoms with Gasteiger partial charge in [-0.05, 0) is 19.4 Å². The minimum atomic E-state index is 0.986. The normalized spacial score (nSPS) is 9.90. The molecule has 0 fully saturated rings. The van der Waals surface area contributed by atoms with Crippen LogP contribution in [0.15, 0.2) is 12.8 Å². The number of rotatable bonds is 1. The molecule has 0 radical (unpaired) electrons. The van der Waals surface area contributed by atoms with Gasteiger partial charge < -0.3 is 4.57 Å². The van der Waals surface area contributed by atoms with Crippen molar-refractivity contribution in [2.24, 2.45) is 7.05 Å². The van der Waals surface area contributed by atoms with Crippen LogP contribution in [0.5, 0.6) is 0 Å². The Kier molecular flexibility index (Phi) is 1.62. The SMILES string of the molecule is C=C(C)c1cn(C)c(C)n1. The van der Waals surface area contributed by atoms with Crippen LogP contribution in [0.3, 0.4) is 0 Å². The average Bonchev–Trinajstić information content (AvgIpc) is 2.13. The van der Waals surface area contributed by atoms with Crippen molar-refractivity contribution < 1.29 is 0 Å². The summed E-state index contributed by atoms with van der Waals surface area (Å²) in [7, 11) is 1.98. The molecule has 2 nitrogen and oxygen atoms in total. The first-order valence-corrected chi connectivity index (χ1v) is 3.27. The van der Waals surface area contributed by atoms with Gasteiger partial charge in [-0.15, -0.1) is 0 Å². The third-order valence-electron chi connectivity index (χ3n) is 1.55. The third-order valence-corrected chi connectivity index (χ3v) is 1.55. The van der Waals surface area contributed by atoms with Gasteiger partial charge in [-0.25, -0.2) is 4.98 Å². The molecule has 0 saturated carbocycles. The molecule has 1 aromatic rings. The van der Waals surface area contributed by atoms with Gasteiger partial charge in [0, 0.05) is 13.2 Å². The molecule has 0 N–H and O–H groups in total. The molecule has 1 heterocycles. The van der Waals surface area contributed by atoms with Crippen LogP contribution in [0, 0.1) is 6.92 Å². The highest BCUT2D eigenvalue weighted by atomic mass is 15.0. The van der Waals surface area contributed by atoms with Crippen molar-refractivity contribution in [3.63, 3.8) is 0 Å². The monoisotopic (exact) mass is 136 g/mol. The van der Waals surface area contributed by atoms with Crippen molar-refractivity contribution in [1.29, 1.82) is 0 Å². The van der Waals surface area contributed by atoms with Gasteiger partial charge in [-0.3, -0.25) is 0 Å². The van der Waals surface area contributed by atoms with E-state index in [9.17, 15) is 0 Å². The molecule has 1 rings (SSSR count). The van der Waals surface area contributed by atoms with Crippen molar-refractivity contribution in [2.45, 2.75) is 13.8 Å². The van der Waals surface area contributed by atoms with E-state index >= 15 is 0 Å². The fraction of sp³-hybridized carbons (Fsp3) is 0.375. The largest absolute Gasteiger partial charge is 0.338 e. The summed E-state index contributed by atoms with van der Waals surface area (Å²) in [6.45, 7) is 7.74. The van der Waals surface area contributed by atoms with Crippen molar-refractivity contribution in [1.82, 2.24) is 9.55 Å². The number of aryl methyl sites for hydroxylation is 2. The Labute approximate surface area is 61.2 Å². The summed E-state index contributed by atoms with van der Waals surface area (Å²) < 4.78 is 1.99. The van der Waals surface area contributed by atoms with Crippen molar-refractivity contribution in [3.05, 3.63) is 24.3 Å². The first-order chi connectivity index (χ1) is 4.61. The van der Waals surface area contributed by atoms with Crippen LogP contribution in [-0.4, -0.2) is 9.55 Å². The molecule has 2 heteroatoms. The smallest absolute Gasteiger partial charge is 0.105 e. The van der Waals surface area contributed by atoms with Crippen LogP contribution in [0.25, 0.3) is 5.57 Å². The predicted molar refractivity (Wildman–Crippen MR) is 42.7 cm³/mol. The summed E-state index contributed by atoms with van der Waals surface area (Å²) in [5.74, 6) is 1.03. The second-order valence-electron chi connectivity index (χ2n) is 2.56. The number of nitrogens with zero attached hydrogens (tertiary/aromatic N) is 2. The highest BCUT2D eigenvalue weighted by Gasteiger charge is 1.99. The van der Waals surface area contributed by atoms with E-state index in [-0.39, 0.29) is 0 Å². The summed E-state index contributed by atoms with van der Waals surface area (Å²) in [5, 5.41) is 0. The lowest BCUT2D eigenvalue weighted by Crippen LogP contribution is -1.86. The quantitative estimate of drug-likeness (QED) is 0.575. The molecule has 0 aromatic carbocycles. The molecule has 0 aliphatic heterocycles. The molecule has 0 aliphatic rings. The fourth-order valence-electron chi connectivity index (χ4n) is 0.765. The molecular weight excluding hydrogens is 124 g/mol. The van der Waals surface area contributed by atoms with Crippen LogP contribution in [0.2, 0.25) is 0 Å². The van der Waals surface area contributed by atoms with E-state index in [1.165, 1.54) is 0 Å². The van der Waals surface area contributed by atoms with E-state index < -0.39 is 0 Å². The number of imidazole rings is 1. The van der Waals surface area contributed by atoms with Gasteiger partial charge in [0.15, 0.2) is 0 Å². The van der Waals surface area contributed by atoms with E-state index in [4.69, 9.17) is 0 Å². The van der Waals surface area contributed by atoms with E-state index in [0.717, 1.165) is 17.1 Å². The second kappa shape index (κ2) is 2.29. The Morgan fingerprint density at radius 2 is 2.30 bits per heavy atom. The fourth-order valence-corrected chi connectivity index (χ4v) is 0.765. The van der Waals surface area contributed by atoms with Gasteiger partial charge in [-0.1, -0.05) is 6.58 Å². The Morgan fingerprint density at radius 3 is 2.50 bits per heavy atom. The van der Waals surface area contributed by atoms with E-state index in [2.05, 4.69) is 11.6 Å². The highest BCUT2D eigenvalue weighted by molar-refractivity contribution is 5.57. The Morgan fingerprint density at radius 1 is 1.70 bits per heavy atom. The Balaban J connectivity index is 3.10. The predicted octanol–water partition coefficient (Wildman–Crippen LogP) is 1.76. The molecule has 0 amide bonds. The first-order valence-electron chi connectivity index (χ1n) is 3.27. The van der Waals surface area contributed by atoms with E-state index in [1.807, 2.05) is 31.7 Å².